The molecule has 0 spiro atoms. The molecular weight excluding hydrogens is 271 g/mol. The van der Waals surface area contributed by atoms with Crippen LogP contribution in [0.15, 0.2) is 24.3 Å². The molecule has 0 heterocycles. The first-order chi connectivity index (χ1) is 8.56. The third-order valence-corrected chi connectivity index (χ3v) is 2.67. The fraction of sp³-hybridized carbons (Fsp3) is 0.462. The van der Waals surface area contributed by atoms with Crippen molar-refractivity contribution >= 4 is 18.3 Å². The van der Waals surface area contributed by atoms with Crippen molar-refractivity contribution in [1.82, 2.24) is 5.32 Å². The van der Waals surface area contributed by atoms with Gasteiger partial charge in [0, 0.05) is 12.1 Å². The van der Waals surface area contributed by atoms with Crippen LogP contribution in [0.1, 0.15) is 31.4 Å². The molecule has 0 bridgehead atoms. The molecule has 19 heavy (non-hydrogen) atoms. The predicted octanol–water partition coefficient (Wildman–Crippen LogP) is 1.52. The summed E-state index contributed by atoms with van der Waals surface area (Å²) >= 11 is 0. The van der Waals surface area contributed by atoms with Gasteiger partial charge in [0.15, 0.2) is 0 Å². The number of benzene rings is 1. The number of carbonyl (C=O) groups excluding carboxylic acids is 1. The lowest BCUT2D eigenvalue weighted by Crippen LogP contribution is -2.42. The van der Waals surface area contributed by atoms with Crippen molar-refractivity contribution in [3.8, 4) is 0 Å². The normalized spacial score (nSPS) is 13.3. The third-order valence-electron chi connectivity index (χ3n) is 2.67. The molecular formula is C13H20ClFN2O2. The molecule has 1 aromatic rings. The molecule has 0 fully saturated rings. The molecule has 1 rings (SSSR count). The number of halogens is 2. The largest absolute Gasteiger partial charge is 0.386 e. The highest BCUT2D eigenvalue weighted by molar-refractivity contribution is 5.85. The summed E-state index contributed by atoms with van der Waals surface area (Å²) in [6.07, 6.45) is 0.329. The standard InChI is InChI=1S/C13H19FN2O2.ClH/c1-2-5-11(15)13(18)16-8-12(17)9-6-3-4-7-10(9)14;/h3-4,6-7,11-12,17H,2,5,8,15H2,1H3,(H,16,18);1H. The Morgan fingerprint density at radius 1 is 1.47 bits per heavy atom. The lowest BCUT2D eigenvalue weighted by atomic mass is 10.1. The van der Waals surface area contributed by atoms with Crippen LogP contribution in [0.3, 0.4) is 0 Å². The Morgan fingerprint density at radius 2 is 2.11 bits per heavy atom. The molecule has 0 aromatic heterocycles. The summed E-state index contributed by atoms with van der Waals surface area (Å²) in [5.41, 5.74) is 5.78. The molecule has 4 nitrogen and oxygen atoms in total. The van der Waals surface area contributed by atoms with Gasteiger partial charge in [0.05, 0.1) is 12.1 Å². The highest BCUT2D eigenvalue weighted by atomic mass is 35.5. The molecule has 0 aliphatic heterocycles. The average Bonchev–Trinajstić information content (AvgIpc) is 2.36. The summed E-state index contributed by atoms with van der Waals surface area (Å²) in [6, 6.07) is 5.34. The average molecular weight is 291 g/mol. The number of nitrogens with two attached hydrogens (primary N) is 1. The van der Waals surface area contributed by atoms with Crippen molar-refractivity contribution in [1.29, 1.82) is 0 Å². The second-order valence-corrected chi connectivity index (χ2v) is 4.18. The van der Waals surface area contributed by atoms with Crippen molar-refractivity contribution in [2.45, 2.75) is 31.9 Å². The van der Waals surface area contributed by atoms with Crippen LogP contribution in [0.25, 0.3) is 0 Å². The molecule has 0 saturated heterocycles. The van der Waals surface area contributed by atoms with Crippen LogP contribution in [0.2, 0.25) is 0 Å². The van der Waals surface area contributed by atoms with Gasteiger partial charge >= 0.3 is 0 Å². The SMILES string of the molecule is CCCC(N)C(=O)NCC(O)c1ccccc1F.Cl. The van der Waals surface area contributed by atoms with Crippen LogP contribution in [0, 0.1) is 5.82 Å². The van der Waals surface area contributed by atoms with Crippen molar-refractivity contribution in [2.24, 2.45) is 5.73 Å². The Kier molecular flexibility index (Phi) is 8.30. The number of amides is 1. The summed E-state index contributed by atoms with van der Waals surface area (Å²) in [4.78, 5) is 11.5. The fourth-order valence-corrected chi connectivity index (χ4v) is 1.63. The van der Waals surface area contributed by atoms with E-state index in [4.69, 9.17) is 5.73 Å². The first-order valence-electron chi connectivity index (χ1n) is 6.02. The van der Waals surface area contributed by atoms with E-state index < -0.39 is 18.0 Å². The second kappa shape index (κ2) is 8.85. The van der Waals surface area contributed by atoms with E-state index in [1.165, 1.54) is 12.1 Å². The van der Waals surface area contributed by atoms with Gasteiger partial charge in [-0.05, 0) is 12.5 Å². The summed E-state index contributed by atoms with van der Waals surface area (Å²) in [7, 11) is 0. The molecule has 1 amide bonds. The molecule has 108 valence electrons. The fourth-order valence-electron chi connectivity index (χ4n) is 1.63. The van der Waals surface area contributed by atoms with Gasteiger partial charge in [-0.3, -0.25) is 4.79 Å². The Balaban J connectivity index is 0.00000324. The first-order valence-corrected chi connectivity index (χ1v) is 6.02. The van der Waals surface area contributed by atoms with Gasteiger partial charge in [0.1, 0.15) is 5.82 Å². The Bertz CT molecular complexity index is 404. The summed E-state index contributed by atoms with van der Waals surface area (Å²) in [5.74, 6) is -0.815. The zero-order chi connectivity index (χ0) is 13.5. The van der Waals surface area contributed by atoms with Gasteiger partial charge in [-0.15, -0.1) is 12.4 Å². The van der Waals surface area contributed by atoms with Crippen LogP contribution in [0.4, 0.5) is 4.39 Å². The zero-order valence-corrected chi connectivity index (χ0v) is 11.6. The van der Waals surface area contributed by atoms with Gasteiger partial charge in [-0.1, -0.05) is 31.5 Å². The van der Waals surface area contributed by atoms with E-state index in [2.05, 4.69) is 5.32 Å². The Morgan fingerprint density at radius 3 is 2.68 bits per heavy atom. The first kappa shape index (κ1) is 17.8. The van der Waals surface area contributed by atoms with Crippen LogP contribution in [0.5, 0.6) is 0 Å². The van der Waals surface area contributed by atoms with E-state index in [1.54, 1.807) is 12.1 Å². The molecule has 6 heteroatoms. The maximum atomic E-state index is 13.3. The number of hydrogen-bond acceptors (Lipinski definition) is 3. The molecule has 0 aliphatic rings. The van der Waals surface area contributed by atoms with Gasteiger partial charge in [-0.25, -0.2) is 4.39 Å². The smallest absolute Gasteiger partial charge is 0.237 e. The maximum absolute atomic E-state index is 13.3. The van der Waals surface area contributed by atoms with E-state index in [9.17, 15) is 14.3 Å². The van der Waals surface area contributed by atoms with Crippen LogP contribution >= 0.6 is 12.4 Å². The Labute approximate surface area is 118 Å². The number of carbonyl (C=O) groups is 1. The van der Waals surface area contributed by atoms with E-state index >= 15 is 0 Å². The van der Waals surface area contributed by atoms with Crippen LogP contribution in [-0.2, 0) is 4.79 Å². The molecule has 0 radical (unpaired) electrons. The van der Waals surface area contributed by atoms with Gasteiger partial charge in [0.25, 0.3) is 0 Å². The van der Waals surface area contributed by atoms with Gasteiger partial charge in [0.2, 0.25) is 5.91 Å². The highest BCUT2D eigenvalue weighted by Gasteiger charge is 2.16. The Hall–Kier alpha value is -1.17. The van der Waals surface area contributed by atoms with Gasteiger partial charge < -0.3 is 16.2 Å². The molecule has 0 aliphatic carbocycles. The van der Waals surface area contributed by atoms with Crippen LogP contribution in [-0.4, -0.2) is 23.6 Å². The van der Waals surface area contributed by atoms with Crippen LogP contribution < -0.4 is 11.1 Å². The minimum atomic E-state index is -1.07. The van der Waals surface area contributed by atoms with Crippen molar-refractivity contribution in [3.05, 3.63) is 35.6 Å². The summed E-state index contributed by atoms with van der Waals surface area (Å²) in [6.45, 7) is 1.89. The van der Waals surface area contributed by atoms with E-state index in [0.717, 1.165) is 6.42 Å². The summed E-state index contributed by atoms with van der Waals surface area (Å²) < 4.78 is 13.3. The van der Waals surface area contributed by atoms with Gasteiger partial charge in [-0.2, -0.15) is 0 Å². The second-order valence-electron chi connectivity index (χ2n) is 4.18. The molecule has 4 N–H and O–H groups in total. The maximum Gasteiger partial charge on any atom is 0.237 e. The number of aliphatic hydroxyl groups excluding tert-OH is 1. The molecule has 1 aromatic carbocycles. The summed E-state index contributed by atoms with van der Waals surface area (Å²) in [5, 5.41) is 12.3. The monoisotopic (exact) mass is 290 g/mol. The number of aliphatic hydroxyl groups is 1. The number of nitrogens with one attached hydrogen (secondary N) is 1. The predicted molar refractivity (Wildman–Crippen MR) is 74.5 cm³/mol. The lowest BCUT2D eigenvalue weighted by Gasteiger charge is -2.15. The topological polar surface area (TPSA) is 75.4 Å². The van der Waals surface area contributed by atoms with E-state index in [0.29, 0.717) is 6.42 Å². The number of hydrogen-bond donors (Lipinski definition) is 3. The minimum Gasteiger partial charge on any atom is -0.386 e. The molecule has 0 saturated carbocycles. The van der Waals surface area contributed by atoms with E-state index in [1.807, 2.05) is 6.92 Å². The van der Waals surface area contributed by atoms with Crippen molar-refractivity contribution in [3.63, 3.8) is 0 Å². The zero-order valence-electron chi connectivity index (χ0n) is 10.8. The van der Waals surface area contributed by atoms with E-state index in [-0.39, 0.29) is 30.4 Å². The third kappa shape index (κ3) is 5.55. The lowest BCUT2D eigenvalue weighted by molar-refractivity contribution is -0.123. The quantitative estimate of drug-likeness (QED) is 0.744. The van der Waals surface area contributed by atoms with Crippen molar-refractivity contribution in [2.75, 3.05) is 6.54 Å². The molecule has 2 atom stereocenters. The molecule has 2 unspecified atom stereocenters. The minimum absolute atomic E-state index is 0. The number of rotatable bonds is 6. The highest BCUT2D eigenvalue weighted by Crippen LogP contribution is 2.15. The van der Waals surface area contributed by atoms with Crippen molar-refractivity contribution < 1.29 is 14.3 Å².